The summed E-state index contributed by atoms with van der Waals surface area (Å²) in [7, 11) is 0. The topological polar surface area (TPSA) is 17.1 Å². The van der Waals surface area contributed by atoms with Gasteiger partial charge < -0.3 is 0 Å². The van der Waals surface area contributed by atoms with Crippen molar-refractivity contribution in [1.82, 2.24) is 0 Å². The van der Waals surface area contributed by atoms with Crippen molar-refractivity contribution < 1.29 is 9.18 Å². The van der Waals surface area contributed by atoms with Crippen molar-refractivity contribution in [3.05, 3.63) is 34.6 Å². The highest BCUT2D eigenvalue weighted by Gasteiger charge is 2.28. The molecule has 0 amide bonds. The Morgan fingerprint density at radius 2 is 2.20 bits per heavy atom. The predicted molar refractivity (Wildman–Crippen MR) is 57.5 cm³/mol. The lowest BCUT2D eigenvalue weighted by atomic mass is 10.1. The normalized spacial score (nSPS) is 15.3. The third-order valence-electron chi connectivity index (χ3n) is 2.68. The van der Waals surface area contributed by atoms with Crippen molar-refractivity contribution >= 4 is 17.4 Å². The molecule has 0 unspecified atom stereocenters. The van der Waals surface area contributed by atoms with Crippen molar-refractivity contribution in [1.29, 1.82) is 0 Å². The van der Waals surface area contributed by atoms with Crippen LogP contribution in [0.3, 0.4) is 0 Å². The third-order valence-corrected chi connectivity index (χ3v) is 2.97. The van der Waals surface area contributed by atoms with E-state index in [9.17, 15) is 9.18 Å². The molecule has 0 saturated heterocycles. The lowest BCUT2D eigenvalue weighted by molar-refractivity contribution is -0.120. The molecule has 0 bridgehead atoms. The molecule has 1 fully saturated rings. The fourth-order valence-electron chi connectivity index (χ4n) is 1.57. The van der Waals surface area contributed by atoms with Crippen LogP contribution >= 0.6 is 11.6 Å². The number of ketones is 1. The van der Waals surface area contributed by atoms with E-state index >= 15 is 0 Å². The minimum absolute atomic E-state index is 0.131. The molecular formula is C12H12ClFO. The van der Waals surface area contributed by atoms with Gasteiger partial charge in [-0.05, 0) is 37.0 Å². The Morgan fingerprint density at radius 1 is 1.47 bits per heavy atom. The first-order valence-electron chi connectivity index (χ1n) is 5.13. The maximum atomic E-state index is 12.8. The van der Waals surface area contributed by atoms with E-state index in [0.29, 0.717) is 24.5 Å². The minimum Gasteiger partial charge on any atom is -0.299 e. The summed E-state index contributed by atoms with van der Waals surface area (Å²) in [6.45, 7) is 0. The molecule has 80 valence electrons. The van der Waals surface area contributed by atoms with Gasteiger partial charge in [0, 0.05) is 12.3 Å². The number of hydrogen-bond donors (Lipinski definition) is 0. The van der Waals surface area contributed by atoms with Gasteiger partial charge >= 0.3 is 0 Å². The quantitative estimate of drug-likeness (QED) is 0.769. The van der Waals surface area contributed by atoms with E-state index in [1.54, 1.807) is 12.1 Å². The van der Waals surface area contributed by atoms with E-state index in [2.05, 4.69) is 0 Å². The largest absolute Gasteiger partial charge is 0.299 e. The number of halogens is 2. The average molecular weight is 227 g/mol. The number of benzene rings is 1. The van der Waals surface area contributed by atoms with Gasteiger partial charge in [-0.2, -0.15) is 0 Å². The van der Waals surface area contributed by atoms with Crippen LogP contribution in [0, 0.1) is 11.7 Å². The first-order chi connectivity index (χ1) is 7.16. The summed E-state index contributed by atoms with van der Waals surface area (Å²) in [5, 5.41) is 0.131. The summed E-state index contributed by atoms with van der Waals surface area (Å²) in [6.07, 6.45) is 3.30. The molecule has 1 aliphatic carbocycles. The Balaban J connectivity index is 1.92. The summed E-state index contributed by atoms with van der Waals surface area (Å²) in [6, 6.07) is 4.62. The van der Waals surface area contributed by atoms with Gasteiger partial charge in [0.25, 0.3) is 0 Å². The van der Waals surface area contributed by atoms with Crippen LogP contribution in [0.15, 0.2) is 18.2 Å². The first-order valence-corrected chi connectivity index (χ1v) is 5.51. The smallest absolute Gasteiger partial charge is 0.141 e. The number of carbonyl (C=O) groups is 1. The molecule has 2 rings (SSSR count). The van der Waals surface area contributed by atoms with Crippen molar-refractivity contribution in [3.8, 4) is 0 Å². The Morgan fingerprint density at radius 3 is 2.80 bits per heavy atom. The average Bonchev–Trinajstić information content (AvgIpc) is 3.03. The van der Waals surface area contributed by atoms with Crippen LogP contribution < -0.4 is 0 Å². The van der Waals surface area contributed by atoms with E-state index < -0.39 is 5.82 Å². The third kappa shape index (κ3) is 2.78. The molecule has 1 aliphatic rings. The van der Waals surface area contributed by atoms with Gasteiger partial charge in [-0.25, -0.2) is 4.39 Å². The van der Waals surface area contributed by atoms with Gasteiger partial charge in [0.1, 0.15) is 11.6 Å². The molecule has 1 saturated carbocycles. The van der Waals surface area contributed by atoms with Gasteiger partial charge in [0.05, 0.1) is 5.02 Å². The fourth-order valence-corrected chi connectivity index (χ4v) is 1.78. The maximum Gasteiger partial charge on any atom is 0.141 e. The van der Waals surface area contributed by atoms with E-state index in [-0.39, 0.29) is 5.02 Å². The summed E-state index contributed by atoms with van der Waals surface area (Å²) >= 11 is 5.64. The molecule has 3 heteroatoms. The zero-order valence-corrected chi connectivity index (χ0v) is 9.06. The molecule has 0 aliphatic heterocycles. The lowest BCUT2D eigenvalue weighted by Gasteiger charge is -2.01. The fraction of sp³-hybridized carbons (Fsp3) is 0.417. The second-order valence-electron chi connectivity index (χ2n) is 3.99. The van der Waals surface area contributed by atoms with Gasteiger partial charge in [-0.15, -0.1) is 0 Å². The summed E-state index contributed by atoms with van der Waals surface area (Å²) in [5.41, 5.74) is 0.926. The predicted octanol–water partition coefficient (Wildman–Crippen LogP) is 3.39. The summed E-state index contributed by atoms with van der Waals surface area (Å²) in [5.74, 6) is 0.227. The van der Waals surface area contributed by atoms with Crippen LogP contribution in [-0.2, 0) is 11.2 Å². The molecule has 0 radical (unpaired) electrons. The van der Waals surface area contributed by atoms with Crippen LogP contribution in [0.25, 0.3) is 0 Å². The van der Waals surface area contributed by atoms with Gasteiger partial charge in [-0.1, -0.05) is 17.7 Å². The molecule has 0 N–H and O–H groups in total. The van der Waals surface area contributed by atoms with Crippen LogP contribution in [0.1, 0.15) is 24.8 Å². The molecule has 1 aromatic carbocycles. The minimum atomic E-state index is -0.408. The summed E-state index contributed by atoms with van der Waals surface area (Å²) < 4.78 is 12.8. The van der Waals surface area contributed by atoms with Crippen LogP contribution in [0.5, 0.6) is 0 Å². The van der Waals surface area contributed by atoms with Gasteiger partial charge in [0.15, 0.2) is 0 Å². The molecule has 1 nitrogen and oxygen atoms in total. The zero-order valence-electron chi connectivity index (χ0n) is 8.30. The van der Waals surface area contributed by atoms with Crippen LogP contribution in [0.2, 0.25) is 5.02 Å². The number of hydrogen-bond acceptors (Lipinski definition) is 1. The highest BCUT2D eigenvalue weighted by atomic mass is 35.5. The second-order valence-corrected chi connectivity index (χ2v) is 4.40. The molecule has 0 aromatic heterocycles. The van der Waals surface area contributed by atoms with E-state index in [1.807, 2.05) is 0 Å². The van der Waals surface area contributed by atoms with E-state index in [4.69, 9.17) is 11.6 Å². The first kappa shape index (κ1) is 10.6. The number of Topliss-reactive ketones (excluding diaryl/α,β-unsaturated/α-hetero) is 1. The van der Waals surface area contributed by atoms with Crippen LogP contribution in [0.4, 0.5) is 4.39 Å². The SMILES string of the molecule is O=C(CCc1ccc(F)c(Cl)c1)C1CC1. The summed E-state index contributed by atoms with van der Waals surface area (Å²) in [4.78, 5) is 11.4. The van der Waals surface area contributed by atoms with Crippen molar-refractivity contribution in [2.45, 2.75) is 25.7 Å². The monoisotopic (exact) mass is 226 g/mol. The van der Waals surface area contributed by atoms with Crippen LogP contribution in [-0.4, -0.2) is 5.78 Å². The standard InChI is InChI=1S/C12H12ClFO/c13-10-7-8(1-5-11(10)14)2-6-12(15)9-3-4-9/h1,5,7,9H,2-4,6H2. The Labute approximate surface area is 93.2 Å². The number of carbonyl (C=O) groups excluding carboxylic acids is 1. The highest BCUT2D eigenvalue weighted by molar-refractivity contribution is 6.30. The highest BCUT2D eigenvalue weighted by Crippen LogP contribution is 2.31. The molecule has 1 aromatic rings. The van der Waals surface area contributed by atoms with Crippen molar-refractivity contribution in [2.24, 2.45) is 5.92 Å². The van der Waals surface area contributed by atoms with Gasteiger partial charge in [-0.3, -0.25) is 4.79 Å². The van der Waals surface area contributed by atoms with E-state index in [0.717, 1.165) is 18.4 Å². The number of aryl methyl sites for hydroxylation is 1. The second kappa shape index (κ2) is 4.31. The lowest BCUT2D eigenvalue weighted by Crippen LogP contribution is -2.02. The van der Waals surface area contributed by atoms with Crippen molar-refractivity contribution in [3.63, 3.8) is 0 Å². The maximum absolute atomic E-state index is 12.8. The van der Waals surface area contributed by atoms with Gasteiger partial charge in [0.2, 0.25) is 0 Å². The molecule has 0 heterocycles. The Hall–Kier alpha value is -0.890. The Bertz CT molecular complexity index is 385. The molecule has 0 spiro atoms. The molecular weight excluding hydrogens is 215 g/mol. The number of rotatable bonds is 4. The molecule has 0 atom stereocenters. The van der Waals surface area contributed by atoms with E-state index in [1.165, 1.54) is 6.07 Å². The zero-order chi connectivity index (χ0) is 10.8. The molecule has 15 heavy (non-hydrogen) atoms. The van der Waals surface area contributed by atoms with Crippen molar-refractivity contribution in [2.75, 3.05) is 0 Å². The Kier molecular flexibility index (Phi) is 3.06.